The third-order valence-electron chi connectivity index (χ3n) is 2.26. The molecule has 0 aromatic rings. The Balaban J connectivity index is 0. The molecule has 2 unspecified atom stereocenters. The average Bonchev–Trinajstić information content (AvgIpc) is 2.38. The van der Waals surface area contributed by atoms with Crippen LogP contribution in [0.25, 0.3) is 5.32 Å². The number of hydrogen-bond donors (Lipinski definition) is 3. The molecule has 0 radical (unpaired) electrons. The minimum absolute atomic E-state index is 0. The van der Waals surface area contributed by atoms with Crippen LogP contribution < -0.4 is 11.1 Å². The number of carboxylic acid groups (broad SMARTS) is 1. The van der Waals surface area contributed by atoms with Crippen molar-refractivity contribution in [1.82, 2.24) is 5.32 Å². The van der Waals surface area contributed by atoms with Crippen LogP contribution in [0.3, 0.4) is 0 Å². The first-order valence-corrected chi connectivity index (χ1v) is 6.43. The van der Waals surface area contributed by atoms with E-state index < -0.39 is 29.9 Å². The molecule has 0 aromatic carbocycles. The second-order valence-electron chi connectivity index (χ2n) is 4.11. The molecule has 0 aromatic heterocycles. The number of hydrogen-bond acceptors (Lipinski definition) is 6. The van der Waals surface area contributed by atoms with Gasteiger partial charge in [0.25, 0.3) is 0 Å². The Bertz CT molecular complexity index is 394. The molecule has 0 saturated heterocycles. The van der Waals surface area contributed by atoms with E-state index in [4.69, 9.17) is 23.5 Å². The van der Waals surface area contributed by atoms with Gasteiger partial charge in [-0.2, -0.15) is 5.75 Å². The first-order valence-electron chi connectivity index (χ1n) is 5.85. The van der Waals surface area contributed by atoms with Gasteiger partial charge >= 0.3 is 25.4 Å². The number of carbonyl (C=O) groups is 4. The van der Waals surface area contributed by atoms with Gasteiger partial charge in [0.2, 0.25) is 5.91 Å². The van der Waals surface area contributed by atoms with Gasteiger partial charge in [-0.15, -0.1) is 0 Å². The first-order chi connectivity index (χ1) is 9.27. The van der Waals surface area contributed by atoms with Crippen molar-refractivity contribution in [2.24, 2.45) is 5.73 Å². The number of carbonyl (C=O) groups excluding carboxylic acids is 3. The molecular formula is C11H17N3O5SZn. The van der Waals surface area contributed by atoms with E-state index in [1.165, 1.54) is 6.92 Å². The van der Waals surface area contributed by atoms with E-state index in [-0.39, 0.29) is 50.4 Å². The molecule has 0 rings (SSSR count). The van der Waals surface area contributed by atoms with Gasteiger partial charge in [-0.05, 0) is 19.8 Å². The summed E-state index contributed by atoms with van der Waals surface area (Å²) >= 11 is 4.71. The summed E-state index contributed by atoms with van der Waals surface area (Å²) in [6, 6.07) is -2.21. The Morgan fingerprint density at radius 2 is 1.90 bits per heavy atom. The molecule has 10 heteroatoms. The number of aliphatic carboxylic acids is 1. The Morgan fingerprint density at radius 3 is 2.33 bits per heavy atom. The molecule has 0 aliphatic carbocycles. The Morgan fingerprint density at radius 1 is 1.33 bits per heavy atom. The third kappa shape index (κ3) is 10.4. The molecule has 0 fully saturated rings. The maximum Gasteiger partial charge on any atom is 2.00 e. The molecule has 114 valence electrons. The summed E-state index contributed by atoms with van der Waals surface area (Å²) in [5, 5.41) is 14.4. The zero-order chi connectivity index (χ0) is 15.7. The number of rotatable bonds is 9. The Kier molecular flexibility index (Phi) is 12.4. The van der Waals surface area contributed by atoms with Gasteiger partial charge in [0, 0.05) is 0 Å². The molecular weight excluding hydrogens is 352 g/mol. The van der Waals surface area contributed by atoms with Crippen LogP contribution in [0.2, 0.25) is 0 Å². The fourth-order valence-electron chi connectivity index (χ4n) is 1.14. The first kappa shape index (κ1) is 22.3. The molecule has 2 atom stereocenters. The van der Waals surface area contributed by atoms with E-state index in [2.05, 4.69) is 10.6 Å². The molecule has 21 heavy (non-hydrogen) atoms. The minimum Gasteiger partial charge on any atom is -0.793 e. The fourth-order valence-corrected chi connectivity index (χ4v) is 1.37. The van der Waals surface area contributed by atoms with Crippen LogP contribution in [-0.2, 0) is 51.3 Å². The van der Waals surface area contributed by atoms with Crippen molar-refractivity contribution in [3.63, 3.8) is 0 Å². The van der Waals surface area contributed by atoms with Gasteiger partial charge in [-0.3, -0.25) is 14.4 Å². The molecule has 0 heterocycles. The van der Waals surface area contributed by atoms with Crippen LogP contribution in [0.15, 0.2) is 0 Å². The maximum absolute atomic E-state index is 11.6. The average molecular weight is 369 g/mol. The van der Waals surface area contributed by atoms with Crippen LogP contribution in [0.1, 0.15) is 19.8 Å². The summed E-state index contributed by atoms with van der Waals surface area (Å²) in [5.74, 6) is -2.81. The minimum atomic E-state index is -1.21. The van der Waals surface area contributed by atoms with Crippen LogP contribution in [-0.4, -0.2) is 53.1 Å². The predicted molar refractivity (Wildman–Crippen MR) is 72.9 cm³/mol. The zero-order valence-electron chi connectivity index (χ0n) is 11.7. The van der Waals surface area contributed by atoms with Crippen LogP contribution in [0.5, 0.6) is 0 Å². The second-order valence-corrected chi connectivity index (χ2v) is 4.44. The van der Waals surface area contributed by atoms with Crippen molar-refractivity contribution in [3.8, 4) is 0 Å². The van der Waals surface area contributed by atoms with E-state index in [1.54, 1.807) is 0 Å². The number of Topliss-reactive ketones (excluding diaryl/α,β-unsaturated/α-hetero) is 1. The Labute approximate surface area is 140 Å². The Hall–Kier alpha value is -0.987. The molecule has 0 bridgehead atoms. The van der Waals surface area contributed by atoms with E-state index in [0.29, 0.717) is 0 Å². The molecule has 2 amide bonds. The number of carboxylic acids is 1. The number of ketones is 1. The number of nitrogens with two attached hydrogens (primary N) is 1. The smallest absolute Gasteiger partial charge is 0.793 e. The van der Waals surface area contributed by atoms with E-state index in [1.807, 2.05) is 0 Å². The van der Waals surface area contributed by atoms with Gasteiger partial charge in [0.15, 0.2) is 0 Å². The van der Waals surface area contributed by atoms with E-state index in [0.717, 1.165) is 0 Å². The maximum atomic E-state index is 11.6. The van der Waals surface area contributed by atoms with Gasteiger partial charge in [0.05, 0.1) is 12.5 Å². The van der Waals surface area contributed by atoms with Crippen molar-refractivity contribution < 1.29 is 43.8 Å². The summed E-state index contributed by atoms with van der Waals surface area (Å²) in [7, 11) is 0. The van der Waals surface area contributed by atoms with Crippen molar-refractivity contribution >= 4 is 36.2 Å². The van der Waals surface area contributed by atoms with Crippen LogP contribution in [0, 0.1) is 0 Å². The monoisotopic (exact) mass is 367 g/mol. The molecule has 0 saturated carbocycles. The largest absolute Gasteiger partial charge is 2.00 e. The van der Waals surface area contributed by atoms with Crippen molar-refractivity contribution in [1.29, 1.82) is 0 Å². The summed E-state index contributed by atoms with van der Waals surface area (Å²) in [6.07, 6.45) is -0.254. The zero-order valence-corrected chi connectivity index (χ0v) is 15.5. The van der Waals surface area contributed by atoms with Crippen molar-refractivity contribution in [2.45, 2.75) is 31.8 Å². The van der Waals surface area contributed by atoms with Crippen molar-refractivity contribution in [3.05, 3.63) is 5.32 Å². The fraction of sp³-hybridized carbons (Fsp3) is 0.636. The normalized spacial score (nSPS) is 12.5. The van der Waals surface area contributed by atoms with E-state index >= 15 is 0 Å². The van der Waals surface area contributed by atoms with Crippen LogP contribution >= 0.6 is 0 Å². The summed E-state index contributed by atoms with van der Waals surface area (Å²) in [4.78, 5) is 44.2. The third-order valence-corrected chi connectivity index (χ3v) is 2.57. The number of nitrogens with one attached hydrogen (secondary N) is 1. The van der Waals surface area contributed by atoms with E-state index in [9.17, 15) is 19.2 Å². The SMILES string of the molecule is CC(=O)CNC(=O)C(C[S-])[N-]C(=O)CCC(N)C(=O)O.[Zn+2]. The summed E-state index contributed by atoms with van der Waals surface area (Å²) in [5.41, 5.74) is 5.24. The van der Waals surface area contributed by atoms with Crippen molar-refractivity contribution in [2.75, 3.05) is 12.3 Å². The summed E-state index contributed by atoms with van der Waals surface area (Å²) < 4.78 is 0. The molecule has 0 aliphatic rings. The van der Waals surface area contributed by atoms with Gasteiger partial charge in [-0.1, -0.05) is 6.04 Å². The molecule has 0 spiro atoms. The second kappa shape index (κ2) is 11.6. The van der Waals surface area contributed by atoms with Gasteiger partial charge in [0.1, 0.15) is 11.8 Å². The molecule has 8 nitrogen and oxygen atoms in total. The van der Waals surface area contributed by atoms with Gasteiger partial charge < -0.3 is 38.9 Å². The van der Waals surface area contributed by atoms with Crippen LogP contribution in [0.4, 0.5) is 0 Å². The quantitative estimate of drug-likeness (QED) is 0.339. The predicted octanol–water partition coefficient (Wildman–Crippen LogP) is -1.30. The number of amides is 2. The number of nitrogens with zero attached hydrogens (tertiary/aromatic N) is 1. The standard InChI is InChI=1S/C11H19N3O5S.Zn/c1-6(15)4-13-10(17)8(5-20)14-9(16)3-2-7(12)11(18)19;/h7-8H,2-5,12H2,1H3,(H4,13,14,16,17,18,19,20);/q;+2/p-2. The molecule has 0 aliphatic heterocycles. The van der Waals surface area contributed by atoms with Gasteiger partial charge in [-0.25, -0.2) is 0 Å². The molecule has 4 N–H and O–H groups in total. The topological polar surface area (TPSA) is 141 Å². The summed E-state index contributed by atoms with van der Waals surface area (Å²) in [6.45, 7) is 1.15.